The van der Waals surface area contributed by atoms with Gasteiger partial charge in [-0.05, 0) is 25.5 Å². The van der Waals surface area contributed by atoms with Gasteiger partial charge in [-0.15, -0.1) is 0 Å². The van der Waals surface area contributed by atoms with Crippen LogP contribution in [-0.4, -0.2) is 49.7 Å². The van der Waals surface area contributed by atoms with Crippen LogP contribution >= 0.6 is 0 Å². The van der Waals surface area contributed by atoms with Gasteiger partial charge in [-0.3, -0.25) is 4.79 Å². The van der Waals surface area contributed by atoms with E-state index in [0.29, 0.717) is 18.1 Å². The molecule has 2 heterocycles. The average molecular weight is 392 g/mol. The first-order chi connectivity index (χ1) is 12.9. The first-order valence-corrected chi connectivity index (χ1v) is 10.5. The zero-order valence-electron chi connectivity index (χ0n) is 15.0. The Kier molecular flexibility index (Phi) is 5.74. The summed E-state index contributed by atoms with van der Waals surface area (Å²) in [7, 11) is -3.57. The molecule has 1 unspecified atom stereocenters. The van der Waals surface area contributed by atoms with E-state index in [9.17, 15) is 17.6 Å². The van der Waals surface area contributed by atoms with Gasteiger partial charge in [0.15, 0.2) is 9.84 Å². The van der Waals surface area contributed by atoms with Gasteiger partial charge in [-0.25, -0.2) is 17.8 Å². The van der Waals surface area contributed by atoms with Crippen LogP contribution in [0.5, 0.6) is 5.88 Å². The molecule has 6 nitrogen and oxygen atoms in total. The summed E-state index contributed by atoms with van der Waals surface area (Å²) in [4.78, 5) is 18.3. The van der Waals surface area contributed by atoms with Crippen molar-refractivity contribution in [3.05, 3.63) is 59.5 Å². The van der Waals surface area contributed by atoms with Crippen LogP contribution in [0.15, 0.2) is 42.6 Å². The van der Waals surface area contributed by atoms with E-state index in [1.807, 2.05) is 6.92 Å². The van der Waals surface area contributed by atoms with Gasteiger partial charge >= 0.3 is 0 Å². The Morgan fingerprint density at radius 2 is 2.04 bits per heavy atom. The van der Waals surface area contributed by atoms with Crippen LogP contribution in [0.2, 0.25) is 0 Å². The summed E-state index contributed by atoms with van der Waals surface area (Å²) in [5.74, 6) is -0.619. The number of hydrogen-bond donors (Lipinski definition) is 0. The first-order valence-electron chi connectivity index (χ1n) is 8.76. The highest BCUT2D eigenvalue weighted by molar-refractivity contribution is 7.91. The fourth-order valence-corrected chi connectivity index (χ4v) is 4.96. The van der Waals surface area contributed by atoms with Gasteiger partial charge in [0.05, 0.1) is 23.2 Å². The van der Waals surface area contributed by atoms with Crippen LogP contribution in [0, 0.1) is 5.82 Å². The summed E-state index contributed by atoms with van der Waals surface area (Å²) in [5, 5.41) is -0.949. The van der Waals surface area contributed by atoms with Crippen LogP contribution in [-0.2, 0) is 9.84 Å². The van der Waals surface area contributed by atoms with E-state index in [2.05, 4.69) is 4.98 Å². The van der Waals surface area contributed by atoms with Crippen LogP contribution in [0.1, 0.15) is 34.5 Å². The van der Waals surface area contributed by atoms with Crippen LogP contribution in [0.3, 0.4) is 0 Å². The van der Waals surface area contributed by atoms with Crippen molar-refractivity contribution < 1.29 is 22.3 Å². The fraction of sp³-hybridized carbons (Fsp3) is 0.368. The van der Waals surface area contributed by atoms with Crippen molar-refractivity contribution in [1.82, 2.24) is 9.88 Å². The highest BCUT2D eigenvalue weighted by Crippen LogP contribution is 2.31. The number of ether oxygens (including phenoxy) is 1. The number of halogens is 1. The predicted molar refractivity (Wildman–Crippen MR) is 98.9 cm³/mol. The zero-order valence-corrected chi connectivity index (χ0v) is 15.8. The molecule has 2 aromatic rings. The number of nitrogens with zero attached hydrogens (tertiary/aromatic N) is 2. The number of carbonyl (C=O) groups excluding carboxylic acids is 1. The fourth-order valence-electron chi connectivity index (χ4n) is 3.16. The lowest BCUT2D eigenvalue weighted by atomic mass is 10.1. The largest absolute Gasteiger partial charge is 0.478 e. The Morgan fingerprint density at radius 3 is 2.70 bits per heavy atom. The standard InChI is InChI=1S/C19H21FN2O4S/c1-2-26-18-8-7-14(13-21-18)19(23)22-10-9-17(27(24,25)12-11-22)15-5-3-4-6-16(15)20/h3-8,13,17H,2,9-12H2,1H3. The Morgan fingerprint density at radius 1 is 1.26 bits per heavy atom. The molecule has 0 aliphatic carbocycles. The molecule has 1 atom stereocenters. The molecule has 3 rings (SSSR count). The summed E-state index contributed by atoms with van der Waals surface area (Å²) < 4.78 is 44.6. The topological polar surface area (TPSA) is 76.6 Å². The molecule has 1 aliphatic heterocycles. The van der Waals surface area contributed by atoms with Gasteiger partial charge in [0, 0.05) is 30.9 Å². The molecule has 0 spiro atoms. The lowest BCUT2D eigenvalue weighted by molar-refractivity contribution is 0.0766. The molecule has 8 heteroatoms. The zero-order chi connectivity index (χ0) is 19.4. The van der Waals surface area contributed by atoms with Crippen molar-refractivity contribution in [3.8, 4) is 5.88 Å². The Labute approximate surface area is 157 Å². The molecule has 27 heavy (non-hydrogen) atoms. The average Bonchev–Trinajstić information content (AvgIpc) is 2.81. The van der Waals surface area contributed by atoms with Crippen molar-refractivity contribution in [3.63, 3.8) is 0 Å². The SMILES string of the molecule is CCOc1ccc(C(=O)N2CCC(c3ccccc3F)S(=O)(=O)CC2)cn1. The summed E-state index contributed by atoms with van der Waals surface area (Å²) >= 11 is 0. The summed E-state index contributed by atoms with van der Waals surface area (Å²) in [6.45, 7) is 2.61. The molecule has 1 saturated heterocycles. The highest BCUT2D eigenvalue weighted by atomic mass is 32.2. The van der Waals surface area contributed by atoms with E-state index in [-0.39, 0.29) is 36.7 Å². The molecular weight excluding hydrogens is 371 g/mol. The van der Waals surface area contributed by atoms with Gasteiger partial charge < -0.3 is 9.64 Å². The van der Waals surface area contributed by atoms with Crippen molar-refractivity contribution in [2.75, 3.05) is 25.4 Å². The maximum atomic E-state index is 14.1. The third-order valence-electron chi connectivity index (χ3n) is 4.56. The smallest absolute Gasteiger partial charge is 0.255 e. The molecule has 0 saturated carbocycles. The number of pyridine rings is 1. The van der Waals surface area contributed by atoms with E-state index < -0.39 is 20.9 Å². The maximum absolute atomic E-state index is 14.1. The highest BCUT2D eigenvalue weighted by Gasteiger charge is 2.34. The van der Waals surface area contributed by atoms with Crippen LogP contribution in [0.25, 0.3) is 0 Å². The second-order valence-corrected chi connectivity index (χ2v) is 8.58. The molecule has 1 aliphatic rings. The number of benzene rings is 1. The van der Waals surface area contributed by atoms with Crippen molar-refractivity contribution in [2.24, 2.45) is 0 Å². The second-order valence-electron chi connectivity index (χ2n) is 6.28. The summed E-state index contributed by atoms with van der Waals surface area (Å²) in [5.41, 5.74) is 0.523. The number of amides is 1. The number of aromatic nitrogens is 1. The van der Waals surface area contributed by atoms with Gasteiger partial charge in [-0.1, -0.05) is 18.2 Å². The summed E-state index contributed by atoms with van der Waals surface area (Å²) in [6.07, 6.45) is 1.57. The molecule has 0 bridgehead atoms. The third-order valence-corrected chi connectivity index (χ3v) is 6.66. The van der Waals surface area contributed by atoms with Crippen LogP contribution in [0.4, 0.5) is 4.39 Å². The van der Waals surface area contributed by atoms with E-state index in [0.717, 1.165) is 0 Å². The lowest BCUT2D eigenvalue weighted by Gasteiger charge is -2.20. The lowest BCUT2D eigenvalue weighted by Crippen LogP contribution is -2.33. The van der Waals surface area contributed by atoms with Crippen molar-refractivity contribution in [1.29, 1.82) is 0 Å². The van der Waals surface area contributed by atoms with Crippen LogP contribution < -0.4 is 4.74 Å². The third kappa shape index (κ3) is 4.27. The van der Waals surface area contributed by atoms with Gasteiger partial charge in [0.1, 0.15) is 5.82 Å². The van der Waals surface area contributed by atoms with Gasteiger partial charge in [0.2, 0.25) is 5.88 Å². The molecular formula is C19H21FN2O4S. The predicted octanol–water partition coefficient (Wildman–Crippen LogP) is 2.62. The quantitative estimate of drug-likeness (QED) is 0.799. The molecule has 1 amide bonds. The van der Waals surface area contributed by atoms with E-state index in [1.165, 1.54) is 29.3 Å². The second kappa shape index (κ2) is 8.04. The van der Waals surface area contributed by atoms with Crippen molar-refractivity contribution >= 4 is 15.7 Å². The normalized spacial score (nSPS) is 19.3. The molecule has 1 aromatic heterocycles. The number of sulfone groups is 1. The van der Waals surface area contributed by atoms with Gasteiger partial charge in [-0.2, -0.15) is 0 Å². The first kappa shape index (κ1) is 19.3. The van der Waals surface area contributed by atoms with E-state index >= 15 is 0 Å². The number of carbonyl (C=O) groups is 1. The van der Waals surface area contributed by atoms with E-state index in [4.69, 9.17) is 4.74 Å². The molecule has 0 N–H and O–H groups in total. The molecule has 144 valence electrons. The monoisotopic (exact) mass is 392 g/mol. The Bertz CT molecular complexity index is 916. The Hall–Kier alpha value is -2.48. The number of rotatable bonds is 4. The minimum Gasteiger partial charge on any atom is -0.478 e. The summed E-state index contributed by atoms with van der Waals surface area (Å²) in [6, 6.07) is 9.10. The minimum absolute atomic E-state index is 0.0688. The number of hydrogen-bond acceptors (Lipinski definition) is 5. The Balaban J connectivity index is 1.78. The maximum Gasteiger partial charge on any atom is 0.255 e. The van der Waals surface area contributed by atoms with E-state index in [1.54, 1.807) is 18.2 Å². The molecule has 1 fully saturated rings. The van der Waals surface area contributed by atoms with Gasteiger partial charge in [0.25, 0.3) is 5.91 Å². The minimum atomic E-state index is -3.57. The molecule has 0 radical (unpaired) electrons. The van der Waals surface area contributed by atoms with Crippen molar-refractivity contribution in [2.45, 2.75) is 18.6 Å². The molecule has 1 aromatic carbocycles.